The zero-order valence-corrected chi connectivity index (χ0v) is 26.6. The summed E-state index contributed by atoms with van der Waals surface area (Å²) in [4.78, 5) is 43.0. The predicted molar refractivity (Wildman–Crippen MR) is 183 cm³/mol. The number of amides is 3. The number of nitrogens with one attached hydrogen (secondary N) is 1. The van der Waals surface area contributed by atoms with Crippen molar-refractivity contribution in [3.63, 3.8) is 0 Å². The summed E-state index contributed by atoms with van der Waals surface area (Å²) in [6.07, 6.45) is 2.33. The van der Waals surface area contributed by atoms with Gasteiger partial charge in [0.1, 0.15) is 11.8 Å². The Kier molecular flexibility index (Phi) is 10.0. The first kappa shape index (κ1) is 32.2. The quantitative estimate of drug-likeness (QED) is 0.166. The Morgan fingerprint density at radius 2 is 1.61 bits per heavy atom. The van der Waals surface area contributed by atoms with Gasteiger partial charge in [0, 0.05) is 5.56 Å². The number of allylic oxidation sites excluding steroid dienone is 1. The second-order valence-corrected chi connectivity index (χ2v) is 12.2. The molecule has 1 heterocycles. The first-order valence-electron chi connectivity index (χ1n) is 15.7. The maximum absolute atomic E-state index is 14.7. The van der Waals surface area contributed by atoms with Crippen LogP contribution in [0.2, 0.25) is 0 Å². The maximum Gasteiger partial charge on any atom is 0.254 e. The molecule has 3 amide bonds. The van der Waals surface area contributed by atoms with Gasteiger partial charge in [-0.05, 0) is 70.8 Å². The van der Waals surface area contributed by atoms with Crippen LogP contribution in [-0.4, -0.2) is 24.8 Å². The van der Waals surface area contributed by atoms with Gasteiger partial charge in [-0.3, -0.25) is 14.4 Å². The molecule has 3 N–H and O–H groups in total. The van der Waals surface area contributed by atoms with Crippen molar-refractivity contribution in [3.8, 4) is 28.0 Å². The van der Waals surface area contributed by atoms with Crippen LogP contribution in [0.3, 0.4) is 0 Å². The van der Waals surface area contributed by atoms with E-state index in [0.717, 1.165) is 39.3 Å². The topological polar surface area (TPSA) is 102 Å². The van der Waals surface area contributed by atoms with Crippen LogP contribution in [0.15, 0.2) is 110 Å². The molecule has 5 rings (SSSR count). The molecule has 0 saturated heterocycles. The molecule has 236 valence electrons. The standard InChI is InChI=1S/C39H41N3O4/c1-5-11-33(37(40)43)34(22-25(2)3)38(44)41-36-32-16-7-6-14-30(32)31-15-8-9-17-35(31)42(39(36)45)24-26-12-10-13-28(23-26)27-18-20-29(46-4)21-19-27/h5-10,12-21,23,25,33-34,36H,1,11,22,24H2,2-4H3,(H2,40,43)(H,41,44)/t33-,34+,36?/m0/s1. The number of carbonyl (C=O) groups excluding carboxylic acids is 3. The van der Waals surface area contributed by atoms with Crippen LogP contribution in [0.5, 0.6) is 5.75 Å². The van der Waals surface area contributed by atoms with Crippen LogP contribution in [0.1, 0.15) is 43.9 Å². The monoisotopic (exact) mass is 615 g/mol. The summed E-state index contributed by atoms with van der Waals surface area (Å²) in [5.41, 5.74) is 12.0. The Bertz CT molecular complexity index is 1730. The molecular formula is C39H41N3O4. The molecule has 3 atom stereocenters. The first-order chi connectivity index (χ1) is 22.2. The number of para-hydroxylation sites is 1. The average Bonchev–Trinajstić information content (AvgIpc) is 3.15. The van der Waals surface area contributed by atoms with E-state index < -0.39 is 23.8 Å². The third kappa shape index (κ3) is 6.89. The number of rotatable bonds is 12. The summed E-state index contributed by atoms with van der Waals surface area (Å²) < 4.78 is 5.32. The van der Waals surface area contributed by atoms with Crippen LogP contribution in [0, 0.1) is 17.8 Å². The minimum Gasteiger partial charge on any atom is -0.497 e. The summed E-state index contributed by atoms with van der Waals surface area (Å²) in [6, 6.07) is 30.5. The molecule has 0 radical (unpaired) electrons. The highest BCUT2D eigenvalue weighted by Crippen LogP contribution is 2.41. The van der Waals surface area contributed by atoms with Crippen LogP contribution in [-0.2, 0) is 20.9 Å². The number of hydrogen-bond acceptors (Lipinski definition) is 4. The summed E-state index contributed by atoms with van der Waals surface area (Å²) in [5, 5.41) is 3.08. The number of anilines is 1. The molecule has 0 bridgehead atoms. The number of hydrogen-bond donors (Lipinski definition) is 2. The Labute approximate surface area is 271 Å². The number of nitrogens with zero attached hydrogens (tertiary/aromatic N) is 1. The lowest BCUT2D eigenvalue weighted by Crippen LogP contribution is -2.47. The Morgan fingerprint density at radius 3 is 2.28 bits per heavy atom. The van der Waals surface area contributed by atoms with Crippen molar-refractivity contribution in [2.24, 2.45) is 23.5 Å². The lowest BCUT2D eigenvalue weighted by Gasteiger charge is -2.30. The highest BCUT2D eigenvalue weighted by Gasteiger charge is 2.38. The lowest BCUT2D eigenvalue weighted by atomic mass is 9.82. The van der Waals surface area contributed by atoms with E-state index in [1.807, 2.05) is 105 Å². The first-order valence-corrected chi connectivity index (χ1v) is 15.7. The van der Waals surface area contributed by atoms with Crippen molar-refractivity contribution in [1.82, 2.24) is 5.32 Å². The molecule has 1 aliphatic heterocycles. The SMILES string of the molecule is C=CC[C@H](C(N)=O)[C@@H](CC(C)C)C(=O)NC1C(=O)N(Cc2cccc(-c3ccc(OC)cc3)c2)c2ccccc2-c2ccccc21. The van der Waals surface area contributed by atoms with E-state index in [9.17, 15) is 14.4 Å². The molecule has 0 aromatic heterocycles. The van der Waals surface area contributed by atoms with Crippen molar-refractivity contribution in [2.45, 2.75) is 39.3 Å². The third-order valence-electron chi connectivity index (χ3n) is 8.58. The number of carbonyl (C=O) groups is 3. The van der Waals surface area contributed by atoms with Gasteiger partial charge in [0.05, 0.1) is 31.2 Å². The Balaban J connectivity index is 1.55. The molecule has 7 heteroatoms. The van der Waals surface area contributed by atoms with Crippen LogP contribution < -0.4 is 20.7 Å². The fourth-order valence-corrected chi connectivity index (χ4v) is 6.33. The van der Waals surface area contributed by atoms with E-state index in [0.29, 0.717) is 12.0 Å². The highest BCUT2D eigenvalue weighted by atomic mass is 16.5. The van der Waals surface area contributed by atoms with Crippen LogP contribution in [0.25, 0.3) is 22.3 Å². The van der Waals surface area contributed by atoms with Gasteiger partial charge in [0.2, 0.25) is 11.8 Å². The molecule has 0 spiro atoms. The van der Waals surface area contributed by atoms with Gasteiger partial charge in [-0.25, -0.2) is 0 Å². The molecule has 0 saturated carbocycles. The molecule has 7 nitrogen and oxygen atoms in total. The van der Waals surface area contributed by atoms with Crippen molar-refractivity contribution >= 4 is 23.4 Å². The average molecular weight is 616 g/mol. The number of nitrogens with two attached hydrogens (primary N) is 1. The van der Waals surface area contributed by atoms with Gasteiger partial charge in [-0.1, -0.05) is 92.7 Å². The molecule has 0 aliphatic carbocycles. The maximum atomic E-state index is 14.7. The predicted octanol–water partition coefficient (Wildman–Crippen LogP) is 7.07. The molecular weight excluding hydrogens is 574 g/mol. The molecule has 46 heavy (non-hydrogen) atoms. The number of benzene rings is 4. The molecule has 4 aromatic carbocycles. The van der Waals surface area contributed by atoms with Crippen molar-refractivity contribution in [3.05, 3.63) is 121 Å². The van der Waals surface area contributed by atoms with Gasteiger partial charge in [-0.15, -0.1) is 6.58 Å². The summed E-state index contributed by atoms with van der Waals surface area (Å²) >= 11 is 0. The molecule has 0 fully saturated rings. The van der Waals surface area contributed by atoms with E-state index in [2.05, 4.69) is 18.0 Å². The van der Waals surface area contributed by atoms with Gasteiger partial charge in [-0.2, -0.15) is 0 Å². The fraction of sp³-hybridized carbons (Fsp3) is 0.256. The summed E-state index contributed by atoms with van der Waals surface area (Å²) in [5.74, 6) is -1.73. The van der Waals surface area contributed by atoms with Crippen molar-refractivity contribution < 1.29 is 19.1 Å². The van der Waals surface area contributed by atoms with Gasteiger partial charge >= 0.3 is 0 Å². The molecule has 4 aromatic rings. The van der Waals surface area contributed by atoms with E-state index >= 15 is 0 Å². The minimum atomic E-state index is -0.979. The van der Waals surface area contributed by atoms with Gasteiger partial charge in [0.25, 0.3) is 5.91 Å². The fourth-order valence-electron chi connectivity index (χ4n) is 6.33. The minimum absolute atomic E-state index is 0.123. The number of methoxy groups -OCH3 is 1. The van der Waals surface area contributed by atoms with Crippen molar-refractivity contribution in [2.75, 3.05) is 12.0 Å². The zero-order valence-electron chi connectivity index (χ0n) is 26.6. The second-order valence-electron chi connectivity index (χ2n) is 12.2. The smallest absolute Gasteiger partial charge is 0.254 e. The van der Waals surface area contributed by atoms with E-state index in [1.54, 1.807) is 18.1 Å². The third-order valence-corrected chi connectivity index (χ3v) is 8.58. The Hall–Kier alpha value is -5.17. The molecule has 1 unspecified atom stereocenters. The molecule has 1 aliphatic rings. The highest BCUT2D eigenvalue weighted by molar-refractivity contribution is 6.06. The number of ether oxygens (including phenoxy) is 1. The summed E-state index contributed by atoms with van der Waals surface area (Å²) in [6.45, 7) is 8.06. The van der Waals surface area contributed by atoms with E-state index in [1.165, 1.54) is 0 Å². The van der Waals surface area contributed by atoms with E-state index in [4.69, 9.17) is 10.5 Å². The van der Waals surface area contributed by atoms with E-state index in [-0.39, 0.29) is 30.7 Å². The largest absolute Gasteiger partial charge is 0.497 e. The number of primary amides is 1. The van der Waals surface area contributed by atoms with Gasteiger partial charge in [0.15, 0.2) is 0 Å². The van der Waals surface area contributed by atoms with Crippen LogP contribution in [0.4, 0.5) is 5.69 Å². The zero-order chi connectivity index (χ0) is 32.8. The Morgan fingerprint density at radius 1 is 0.913 bits per heavy atom. The van der Waals surface area contributed by atoms with Crippen LogP contribution >= 0.6 is 0 Å². The second kappa shape index (κ2) is 14.3. The van der Waals surface area contributed by atoms with Crippen molar-refractivity contribution in [1.29, 1.82) is 0 Å². The summed E-state index contributed by atoms with van der Waals surface area (Å²) in [7, 11) is 1.64. The normalized spacial score (nSPS) is 15.3. The lowest BCUT2D eigenvalue weighted by molar-refractivity contribution is -0.135. The number of fused-ring (bicyclic) bond motifs is 3. The van der Waals surface area contributed by atoms with Gasteiger partial charge < -0.3 is 20.7 Å².